The Balaban J connectivity index is 1.77. The number of rotatable bonds is 7. The summed E-state index contributed by atoms with van der Waals surface area (Å²) in [5.74, 6) is -0.186. The van der Waals surface area contributed by atoms with Crippen molar-refractivity contribution in [2.45, 2.75) is 33.3 Å². The smallest absolute Gasteiger partial charge is 0.310 e. The fraction of sp³-hybridized carbons (Fsp3) is 0.300. The fourth-order valence-electron chi connectivity index (χ4n) is 2.31. The minimum absolute atomic E-state index is 0.0632. The maximum absolute atomic E-state index is 12.2. The predicted octanol–water partition coefficient (Wildman–Crippen LogP) is 4.41. The third-order valence-electron chi connectivity index (χ3n) is 3.69. The van der Waals surface area contributed by atoms with E-state index < -0.39 is 12.1 Å². The second kappa shape index (κ2) is 9.38. The van der Waals surface area contributed by atoms with Gasteiger partial charge in [-0.2, -0.15) is 0 Å². The number of anilines is 1. The first-order valence-corrected chi connectivity index (χ1v) is 9.10. The molecule has 0 saturated heterocycles. The van der Waals surface area contributed by atoms with Crippen LogP contribution in [0.2, 0.25) is 0 Å². The van der Waals surface area contributed by atoms with Gasteiger partial charge in [0.15, 0.2) is 6.10 Å². The summed E-state index contributed by atoms with van der Waals surface area (Å²) in [4.78, 5) is 24.1. The van der Waals surface area contributed by atoms with Crippen molar-refractivity contribution in [1.29, 1.82) is 0 Å². The molecule has 0 aromatic heterocycles. The van der Waals surface area contributed by atoms with E-state index in [1.165, 1.54) is 0 Å². The van der Waals surface area contributed by atoms with E-state index in [9.17, 15) is 9.59 Å². The molecule has 2 aromatic rings. The van der Waals surface area contributed by atoms with Gasteiger partial charge in [0.05, 0.1) is 13.0 Å². The van der Waals surface area contributed by atoms with E-state index in [1.807, 2.05) is 50.2 Å². The molecular formula is C20H22BrNO4. The number of carbonyl (C=O) groups is 2. The lowest BCUT2D eigenvalue weighted by Gasteiger charge is -2.15. The van der Waals surface area contributed by atoms with E-state index in [-0.39, 0.29) is 18.9 Å². The number of halogens is 1. The Bertz CT molecular complexity index is 791. The van der Waals surface area contributed by atoms with Gasteiger partial charge >= 0.3 is 5.97 Å². The molecule has 0 aliphatic heterocycles. The van der Waals surface area contributed by atoms with Crippen LogP contribution in [0.25, 0.3) is 0 Å². The summed E-state index contributed by atoms with van der Waals surface area (Å²) in [7, 11) is 0. The maximum atomic E-state index is 12.2. The Labute approximate surface area is 161 Å². The third-order valence-corrected chi connectivity index (χ3v) is 4.18. The number of nitrogens with one attached hydrogen (secondary N) is 1. The van der Waals surface area contributed by atoms with Gasteiger partial charge in [0.25, 0.3) is 5.91 Å². The van der Waals surface area contributed by atoms with Crippen molar-refractivity contribution in [3.63, 3.8) is 0 Å². The van der Waals surface area contributed by atoms with Crippen LogP contribution in [0, 0.1) is 13.8 Å². The molecule has 1 atom stereocenters. The van der Waals surface area contributed by atoms with Crippen LogP contribution in [0.4, 0.5) is 5.69 Å². The quantitative estimate of drug-likeness (QED) is 0.675. The molecule has 26 heavy (non-hydrogen) atoms. The lowest BCUT2D eigenvalue weighted by molar-refractivity contribution is -0.153. The zero-order valence-electron chi connectivity index (χ0n) is 15.0. The first-order valence-electron chi connectivity index (χ1n) is 8.31. The molecule has 0 bridgehead atoms. The summed E-state index contributed by atoms with van der Waals surface area (Å²) in [5, 5.41) is 2.78. The number of benzene rings is 2. The maximum Gasteiger partial charge on any atom is 0.310 e. The van der Waals surface area contributed by atoms with E-state index in [0.29, 0.717) is 11.4 Å². The molecule has 0 saturated carbocycles. The molecule has 0 heterocycles. The van der Waals surface area contributed by atoms with Gasteiger partial charge in [0.1, 0.15) is 5.75 Å². The minimum atomic E-state index is -0.880. The molecule has 0 unspecified atom stereocenters. The predicted molar refractivity (Wildman–Crippen MR) is 104 cm³/mol. The summed E-state index contributed by atoms with van der Waals surface area (Å²) < 4.78 is 11.6. The van der Waals surface area contributed by atoms with E-state index in [1.54, 1.807) is 13.0 Å². The number of aryl methyl sites for hydroxylation is 2. The lowest BCUT2D eigenvalue weighted by Crippen LogP contribution is -2.30. The van der Waals surface area contributed by atoms with Gasteiger partial charge in [-0.1, -0.05) is 39.7 Å². The molecule has 0 radical (unpaired) electrons. The first-order chi connectivity index (χ1) is 12.3. The number of esters is 1. The van der Waals surface area contributed by atoms with Crippen LogP contribution in [0.5, 0.6) is 5.75 Å². The summed E-state index contributed by atoms with van der Waals surface area (Å²) in [5.41, 5.74) is 2.78. The van der Waals surface area contributed by atoms with Gasteiger partial charge in [-0.05, 0) is 50.6 Å². The summed E-state index contributed by atoms with van der Waals surface area (Å²) in [6, 6.07) is 13.1. The molecule has 2 rings (SSSR count). The summed E-state index contributed by atoms with van der Waals surface area (Å²) >= 11 is 3.35. The molecule has 1 amide bonds. The first kappa shape index (κ1) is 20.0. The Hall–Kier alpha value is -2.34. The number of amides is 1. The van der Waals surface area contributed by atoms with Gasteiger partial charge in [-0.3, -0.25) is 9.59 Å². The SMILES string of the molecule is Cc1ccc(NC(=O)[C@H](C)OC(=O)CCOc2cccc(Br)c2)c(C)c1. The Kier molecular flexibility index (Phi) is 7.21. The molecule has 6 heteroatoms. The monoisotopic (exact) mass is 419 g/mol. The molecule has 138 valence electrons. The van der Waals surface area contributed by atoms with E-state index in [0.717, 1.165) is 15.6 Å². The van der Waals surface area contributed by atoms with Crippen LogP contribution < -0.4 is 10.1 Å². The molecule has 5 nitrogen and oxygen atoms in total. The van der Waals surface area contributed by atoms with Crippen LogP contribution >= 0.6 is 15.9 Å². The Morgan fingerprint density at radius 3 is 2.62 bits per heavy atom. The second-order valence-corrected chi connectivity index (χ2v) is 6.91. The average Bonchev–Trinajstić information content (AvgIpc) is 2.57. The lowest BCUT2D eigenvalue weighted by atomic mass is 10.1. The molecule has 2 aromatic carbocycles. The highest BCUT2D eigenvalue weighted by molar-refractivity contribution is 9.10. The Morgan fingerprint density at radius 1 is 1.15 bits per heavy atom. The highest BCUT2D eigenvalue weighted by Gasteiger charge is 2.18. The van der Waals surface area contributed by atoms with Crippen molar-refractivity contribution in [2.24, 2.45) is 0 Å². The molecule has 0 fully saturated rings. The van der Waals surface area contributed by atoms with Gasteiger partial charge in [0, 0.05) is 10.2 Å². The topological polar surface area (TPSA) is 64.6 Å². The zero-order chi connectivity index (χ0) is 19.1. The molecule has 0 aliphatic carbocycles. The highest BCUT2D eigenvalue weighted by atomic mass is 79.9. The van der Waals surface area contributed by atoms with Crippen molar-refractivity contribution >= 4 is 33.5 Å². The van der Waals surface area contributed by atoms with E-state index >= 15 is 0 Å². The molecular weight excluding hydrogens is 398 g/mol. The second-order valence-electron chi connectivity index (χ2n) is 6.00. The largest absolute Gasteiger partial charge is 0.493 e. The van der Waals surface area contributed by atoms with Gasteiger partial charge < -0.3 is 14.8 Å². The van der Waals surface area contributed by atoms with Crippen molar-refractivity contribution in [2.75, 3.05) is 11.9 Å². The van der Waals surface area contributed by atoms with Crippen LogP contribution in [0.3, 0.4) is 0 Å². The van der Waals surface area contributed by atoms with Crippen molar-refractivity contribution in [3.8, 4) is 5.75 Å². The normalized spacial score (nSPS) is 11.5. The number of hydrogen-bond donors (Lipinski definition) is 1. The van der Waals surface area contributed by atoms with Crippen molar-refractivity contribution in [1.82, 2.24) is 0 Å². The molecule has 0 spiro atoms. The summed E-state index contributed by atoms with van der Waals surface area (Å²) in [6.07, 6.45) is -0.817. The number of carbonyl (C=O) groups excluding carboxylic acids is 2. The number of hydrogen-bond acceptors (Lipinski definition) is 4. The third kappa shape index (κ3) is 6.19. The molecule has 1 N–H and O–H groups in total. The molecule has 0 aliphatic rings. The number of ether oxygens (including phenoxy) is 2. The highest BCUT2D eigenvalue weighted by Crippen LogP contribution is 2.18. The standard InChI is InChI=1S/C20H22BrNO4/c1-13-7-8-18(14(2)11-13)22-20(24)15(3)26-19(23)9-10-25-17-6-4-5-16(21)12-17/h4-8,11-12,15H,9-10H2,1-3H3,(H,22,24)/t15-/m0/s1. The average molecular weight is 420 g/mol. The van der Waals surface area contributed by atoms with Gasteiger partial charge in [-0.15, -0.1) is 0 Å². The Morgan fingerprint density at radius 2 is 1.92 bits per heavy atom. The zero-order valence-corrected chi connectivity index (χ0v) is 16.6. The van der Waals surface area contributed by atoms with Gasteiger partial charge in [0.2, 0.25) is 0 Å². The van der Waals surface area contributed by atoms with Crippen LogP contribution in [-0.2, 0) is 14.3 Å². The van der Waals surface area contributed by atoms with Gasteiger partial charge in [-0.25, -0.2) is 0 Å². The summed E-state index contributed by atoms with van der Waals surface area (Å²) in [6.45, 7) is 5.63. The van der Waals surface area contributed by atoms with Crippen LogP contribution in [0.1, 0.15) is 24.5 Å². The van der Waals surface area contributed by atoms with E-state index in [2.05, 4.69) is 21.2 Å². The minimum Gasteiger partial charge on any atom is -0.493 e. The van der Waals surface area contributed by atoms with Crippen molar-refractivity contribution in [3.05, 3.63) is 58.1 Å². The van der Waals surface area contributed by atoms with E-state index in [4.69, 9.17) is 9.47 Å². The fourth-order valence-corrected chi connectivity index (χ4v) is 2.69. The van der Waals surface area contributed by atoms with Crippen molar-refractivity contribution < 1.29 is 19.1 Å². The van der Waals surface area contributed by atoms with Crippen LogP contribution in [0.15, 0.2) is 46.9 Å². The van der Waals surface area contributed by atoms with Crippen LogP contribution in [-0.4, -0.2) is 24.6 Å².